The van der Waals surface area contributed by atoms with Crippen LogP contribution in [0.3, 0.4) is 0 Å². The maximum atomic E-state index is 12.0. The topological polar surface area (TPSA) is 73.1 Å². The molecule has 0 aliphatic heterocycles. The minimum atomic E-state index is -0.549. The fraction of sp³-hybridized carbons (Fsp3) is 0.364. The Labute approximate surface area is 171 Å². The van der Waals surface area contributed by atoms with Crippen molar-refractivity contribution in [2.24, 2.45) is 5.41 Å². The van der Waals surface area contributed by atoms with E-state index in [2.05, 4.69) is 58.5 Å². The monoisotopic (exact) mass is 393 g/mol. The molecule has 0 saturated heterocycles. The van der Waals surface area contributed by atoms with Crippen LogP contribution in [0.5, 0.6) is 5.75 Å². The lowest BCUT2D eigenvalue weighted by Gasteiger charge is -2.16. The van der Waals surface area contributed by atoms with Crippen LogP contribution in [0.2, 0.25) is 0 Å². The number of tetrazole rings is 1. The molecule has 2 aromatic carbocycles. The summed E-state index contributed by atoms with van der Waals surface area (Å²) in [5.41, 5.74) is 2.54. The third-order valence-corrected chi connectivity index (χ3v) is 4.56. The van der Waals surface area contributed by atoms with Gasteiger partial charge < -0.3 is 9.64 Å². The quantitative estimate of drug-likeness (QED) is 0.469. The minimum absolute atomic E-state index is 0.273. The molecule has 0 aliphatic rings. The molecule has 0 amide bonds. The van der Waals surface area contributed by atoms with Gasteiger partial charge in [-0.1, -0.05) is 12.1 Å². The fourth-order valence-corrected chi connectivity index (χ4v) is 2.56. The van der Waals surface area contributed by atoms with Gasteiger partial charge in [0.05, 0.1) is 12.0 Å². The summed E-state index contributed by atoms with van der Waals surface area (Å²) in [4.78, 5) is 15.7. The van der Waals surface area contributed by atoms with Crippen LogP contribution in [0.15, 0.2) is 48.5 Å². The molecule has 0 bridgehead atoms. The molecule has 1 heterocycles. The number of rotatable bonds is 6. The normalized spacial score (nSPS) is 11.3. The molecule has 3 rings (SSSR count). The Kier molecular flexibility index (Phi) is 5.96. The van der Waals surface area contributed by atoms with Crippen LogP contribution in [0.1, 0.15) is 33.3 Å². The van der Waals surface area contributed by atoms with Crippen LogP contribution in [-0.2, 0) is 11.3 Å². The number of anilines is 1. The van der Waals surface area contributed by atoms with Crippen LogP contribution in [0.25, 0.3) is 11.4 Å². The first-order chi connectivity index (χ1) is 13.8. The number of carbonyl (C=O) groups excluding carboxylic acids is 1. The SMILES string of the molecule is CCN(C)c1ccc(Cn2nnc(-c3ccc(OC(=O)C(C)(C)C)cc3)n2)cc1. The van der Waals surface area contributed by atoms with Gasteiger partial charge in [-0.2, -0.15) is 4.80 Å². The second-order valence-electron chi connectivity index (χ2n) is 7.99. The van der Waals surface area contributed by atoms with Crippen molar-refractivity contribution in [2.45, 2.75) is 34.2 Å². The highest BCUT2D eigenvalue weighted by atomic mass is 16.5. The van der Waals surface area contributed by atoms with Crippen molar-refractivity contribution in [1.82, 2.24) is 20.2 Å². The van der Waals surface area contributed by atoms with Gasteiger partial charge in [0.1, 0.15) is 5.75 Å². The Balaban J connectivity index is 1.66. The number of hydrogen-bond acceptors (Lipinski definition) is 6. The molecule has 0 N–H and O–H groups in total. The molecule has 152 valence electrons. The molecule has 0 aliphatic carbocycles. The molecule has 1 aromatic heterocycles. The van der Waals surface area contributed by atoms with Gasteiger partial charge in [0.15, 0.2) is 0 Å². The third kappa shape index (κ3) is 5.19. The van der Waals surface area contributed by atoms with Crippen LogP contribution in [0.4, 0.5) is 5.69 Å². The van der Waals surface area contributed by atoms with Gasteiger partial charge in [-0.05, 0) is 74.9 Å². The zero-order valence-corrected chi connectivity index (χ0v) is 17.6. The number of nitrogens with zero attached hydrogens (tertiary/aromatic N) is 5. The third-order valence-electron chi connectivity index (χ3n) is 4.56. The Hall–Kier alpha value is -3.22. The summed E-state index contributed by atoms with van der Waals surface area (Å²) in [5.74, 6) is 0.754. The number of hydrogen-bond donors (Lipinski definition) is 0. The zero-order chi connectivity index (χ0) is 21.0. The molecule has 7 nitrogen and oxygen atoms in total. The lowest BCUT2D eigenvalue weighted by molar-refractivity contribution is -0.142. The van der Waals surface area contributed by atoms with Crippen molar-refractivity contribution < 1.29 is 9.53 Å². The van der Waals surface area contributed by atoms with Crippen molar-refractivity contribution in [3.8, 4) is 17.1 Å². The number of benzene rings is 2. The standard InChI is InChI=1S/C22H27N5O2/c1-6-26(5)18-11-7-16(8-12-18)15-27-24-20(23-25-27)17-9-13-19(14-10-17)29-21(28)22(2,3)4/h7-14H,6,15H2,1-5H3. The first-order valence-corrected chi connectivity index (χ1v) is 9.67. The van der Waals surface area contributed by atoms with Gasteiger partial charge in [-0.25, -0.2) is 0 Å². The van der Waals surface area contributed by atoms with Crippen LogP contribution in [0, 0.1) is 5.41 Å². The number of carbonyl (C=O) groups is 1. The molecule has 7 heteroatoms. The summed E-state index contributed by atoms with van der Waals surface area (Å²) in [6.45, 7) is 9.09. The van der Waals surface area contributed by atoms with E-state index in [-0.39, 0.29) is 5.97 Å². The van der Waals surface area contributed by atoms with E-state index in [1.165, 1.54) is 5.69 Å². The molecular weight excluding hydrogens is 366 g/mol. The maximum Gasteiger partial charge on any atom is 0.316 e. The van der Waals surface area contributed by atoms with Crippen molar-refractivity contribution in [1.29, 1.82) is 0 Å². The first-order valence-electron chi connectivity index (χ1n) is 9.67. The zero-order valence-electron chi connectivity index (χ0n) is 17.6. The van der Waals surface area contributed by atoms with Gasteiger partial charge in [-0.15, -0.1) is 10.2 Å². The summed E-state index contributed by atoms with van der Waals surface area (Å²) in [6, 6.07) is 15.4. The largest absolute Gasteiger partial charge is 0.426 e. The molecule has 0 unspecified atom stereocenters. The maximum absolute atomic E-state index is 12.0. The van der Waals surface area contributed by atoms with E-state index in [1.54, 1.807) is 16.9 Å². The highest BCUT2D eigenvalue weighted by Gasteiger charge is 2.23. The molecule has 3 aromatic rings. The van der Waals surface area contributed by atoms with E-state index >= 15 is 0 Å². The van der Waals surface area contributed by atoms with Gasteiger partial charge in [0.25, 0.3) is 0 Å². The van der Waals surface area contributed by atoms with Crippen molar-refractivity contribution >= 4 is 11.7 Å². The number of aromatic nitrogens is 4. The predicted molar refractivity (Wildman–Crippen MR) is 113 cm³/mol. The second-order valence-corrected chi connectivity index (χ2v) is 7.99. The first kappa shape index (κ1) is 20.5. The van der Waals surface area contributed by atoms with E-state index in [4.69, 9.17) is 4.74 Å². The average Bonchev–Trinajstić information content (AvgIpc) is 3.16. The molecule has 0 fully saturated rings. The van der Waals surface area contributed by atoms with Crippen LogP contribution >= 0.6 is 0 Å². The van der Waals surface area contributed by atoms with Crippen molar-refractivity contribution in [3.05, 3.63) is 54.1 Å². The molecule has 0 atom stereocenters. The van der Waals surface area contributed by atoms with Gasteiger partial charge in [-0.3, -0.25) is 4.79 Å². The number of esters is 1. The summed E-state index contributed by atoms with van der Waals surface area (Å²) in [7, 11) is 2.07. The van der Waals surface area contributed by atoms with Crippen LogP contribution in [-0.4, -0.2) is 39.8 Å². The van der Waals surface area contributed by atoms with E-state index in [0.29, 0.717) is 18.1 Å². The lowest BCUT2D eigenvalue weighted by Crippen LogP contribution is -2.25. The predicted octanol–water partition coefficient (Wildman–Crippen LogP) is 3.80. The van der Waals surface area contributed by atoms with E-state index in [9.17, 15) is 4.79 Å². The summed E-state index contributed by atoms with van der Waals surface area (Å²) in [6.07, 6.45) is 0. The van der Waals surface area contributed by atoms with Gasteiger partial charge in [0, 0.05) is 24.8 Å². The van der Waals surface area contributed by atoms with Gasteiger partial charge in [0.2, 0.25) is 5.82 Å². The summed E-state index contributed by atoms with van der Waals surface area (Å²) < 4.78 is 5.38. The molecular formula is C22H27N5O2. The smallest absolute Gasteiger partial charge is 0.316 e. The molecule has 29 heavy (non-hydrogen) atoms. The highest BCUT2D eigenvalue weighted by Crippen LogP contribution is 2.22. The summed E-state index contributed by atoms with van der Waals surface area (Å²) >= 11 is 0. The van der Waals surface area contributed by atoms with Crippen LogP contribution < -0.4 is 9.64 Å². The Morgan fingerprint density at radius 1 is 1.07 bits per heavy atom. The second kappa shape index (κ2) is 8.43. The van der Waals surface area contributed by atoms with E-state index in [1.807, 2.05) is 32.9 Å². The van der Waals surface area contributed by atoms with E-state index in [0.717, 1.165) is 17.7 Å². The van der Waals surface area contributed by atoms with Gasteiger partial charge >= 0.3 is 5.97 Å². The Morgan fingerprint density at radius 3 is 2.31 bits per heavy atom. The van der Waals surface area contributed by atoms with Crippen molar-refractivity contribution in [2.75, 3.05) is 18.5 Å². The molecule has 0 spiro atoms. The highest BCUT2D eigenvalue weighted by molar-refractivity contribution is 5.78. The Bertz CT molecular complexity index is 956. The summed E-state index contributed by atoms with van der Waals surface area (Å²) in [5, 5.41) is 12.7. The number of ether oxygens (including phenoxy) is 1. The minimum Gasteiger partial charge on any atom is -0.426 e. The average molecular weight is 393 g/mol. The molecule has 0 radical (unpaired) electrons. The van der Waals surface area contributed by atoms with Crippen molar-refractivity contribution in [3.63, 3.8) is 0 Å². The fourth-order valence-electron chi connectivity index (χ4n) is 2.56. The lowest BCUT2D eigenvalue weighted by atomic mass is 9.97. The molecule has 0 saturated carbocycles. The Morgan fingerprint density at radius 2 is 1.72 bits per heavy atom. The van der Waals surface area contributed by atoms with E-state index < -0.39 is 5.41 Å².